The number of aryl methyl sites for hydroxylation is 1. The second-order valence-corrected chi connectivity index (χ2v) is 8.67. The number of aliphatic imine (C=N–C) groups is 1. The third kappa shape index (κ3) is 7.45. The van der Waals surface area contributed by atoms with Gasteiger partial charge in [0.05, 0.1) is 12.8 Å². The zero-order chi connectivity index (χ0) is 16.1. The van der Waals surface area contributed by atoms with Gasteiger partial charge in [0, 0.05) is 28.9 Å². The van der Waals surface area contributed by atoms with Crippen LogP contribution in [0.25, 0.3) is 0 Å². The highest BCUT2D eigenvalue weighted by atomic mass is 32.2. The molecule has 0 spiro atoms. The molecule has 0 radical (unpaired) electrons. The monoisotopic (exact) mass is 332 g/mol. The minimum Gasteiger partial charge on any atom is -0.355 e. The van der Waals surface area contributed by atoms with Gasteiger partial charge in [-0.1, -0.05) is 0 Å². The molecule has 8 heteroatoms. The minimum atomic E-state index is -3.24. The van der Waals surface area contributed by atoms with Crippen LogP contribution in [-0.4, -0.2) is 39.8 Å². The summed E-state index contributed by atoms with van der Waals surface area (Å²) in [6.07, 6.45) is 1.15. The molecule has 0 aliphatic carbocycles. The normalized spacial score (nSPS) is 13.3. The van der Waals surface area contributed by atoms with Crippen molar-refractivity contribution < 1.29 is 8.42 Å². The van der Waals surface area contributed by atoms with Crippen molar-refractivity contribution in [2.24, 2.45) is 4.99 Å². The van der Waals surface area contributed by atoms with Crippen LogP contribution in [0, 0.1) is 6.92 Å². The maximum Gasteiger partial charge on any atom is 0.209 e. The highest BCUT2D eigenvalue weighted by Gasteiger charge is 2.22. The summed E-state index contributed by atoms with van der Waals surface area (Å²) in [7, 11) is -1.55. The van der Waals surface area contributed by atoms with Crippen molar-refractivity contribution in [2.75, 3.05) is 19.8 Å². The predicted octanol–water partition coefficient (Wildman–Crippen LogP) is 1.05. The highest BCUT2D eigenvalue weighted by Crippen LogP contribution is 2.14. The summed E-state index contributed by atoms with van der Waals surface area (Å²) < 4.78 is 25.2. The van der Waals surface area contributed by atoms with Gasteiger partial charge in [0.15, 0.2) is 5.96 Å². The third-order valence-corrected chi connectivity index (χ3v) is 4.53. The lowest BCUT2D eigenvalue weighted by molar-refractivity contribution is 0.446. The fraction of sp³-hybridized carbons (Fsp3) is 0.615. The molecule has 0 saturated carbocycles. The molecule has 0 aliphatic rings. The van der Waals surface area contributed by atoms with E-state index < -0.39 is 15.6 Å². The summed E-state index contributed by atoms with van der Waals surface area (Å²) in [5.41, 5.74) is -0.593. The smallest absolute Gasteiger partial charge is 0.209 e. The van der Waals surface area contributed by atoms with Gasteiger partial charge in [-0.05, 0) is 32.9 Å². The Bertz CT molecular complexity index is 591. The number of hydrogen-bond donors (Lipinski definition) is 3. The zero-order valence-electron chi connectivity index (χ0n) is 13.1. The number of rotatable bonds is 6. The first-order chi connectivity index (χ1) is 9.61. The van der Waals surface area contributed by atoms with Crippen LogP contribution in [0.15, 0.2) is 17.1 Å². The number of sulfonamides is 1. The minimum absolute atomic E-state index is 0.434. The first-order valence-corrected chi connectivity index (χ1v) is 9.31. The average Bonchev–Trinajstić information content (AvgIpc) is 2.72. The van der Waals surface area contributed by atoms with Crippen LogP contribution in [-0.2, 0) is 16.6 Å². The molecule has 21 heavy (non-hydrogen) atoms. The van der Waals surface area contributed by atoms with Gasteiger partial charge in [-0.15, -0.1) is 11.3 Å². The van der Waals surface area contributed by atoms with E-state index in [1.807, 2.05) is 13.8 Å². The standard InChI is InChI=1S/C13H24N4O2S2/c1-10-6-7-11(20-10)8-15-12(14-4)16-9-13(2,3)17-21(5,18)19/h6-7,17H,8-9H2,1-5H3,(H2,14,15,16). The Morgan fingerprint density at radius 2 is 2.00 bits per heavy atom. The first kappa shape index (κ1) is 17.9. The molecule has 0 aromatic carbocycles. The molecule has 0 amide bonds. The molecule has 1 rings (SSSR count). The molecule has 120 valence electrons. The molecule has 0 aliphatic heterocycles. The Morgan fingerprint density at radius 1 is 1.33 bits per heavy atom. The molecule has 0 saturated heterocycles. The van der Waals surface area contributed by atoms with Crippen LogP contribution in [0.2, 0.25) is 0 Å². The number of nitrogens with zero attached hydrogens (tertiary/aromatic N) is 1. The topological polar surface area (TPSA) is 82.6 Å². The average molecular weight is 332 g/mol. The summed E-state index contributed by atoms with van der Waals surface area (Å²) >= 11 is 1.73. The summed E-state index contributed by atoms with van der Waals surface area (Å²) in [5.74, 6) is 0.643. The maximum absolute atomic E-state index is 11.3. The number of hydrogen-bond acceptors (Lipinski definition) is 4. The van der Waals surface area contributed by atoms with Gasteiger partial charge in [0.2, 0.25) is 10.0 Å². The summed E-state index contributed by atoms with van der Waals surface area (Å²) in [5, 5.41) is 6.33. The number of thiophene rings is 1. The van der Waals surface area contributed by atoms with Crippen molar-refractivity contribution in [3.8, 4) is 0 Å². The molecule has 0 unspecified atom stereocenters. The second-order valence-electron chi connectivity index (χ2n) is 5.55. The summed E-state index contributed by atoms with van der Waals surface area (Å²) in [4.78, 5) is 6.63. The van der Waals surface area contributed by atoms with Gasteiger partial charge in [-0.3, -0.25) is 4.99 Å². The van der Waals surface area contributed by atoms with Crippen molar-refractivity contribution in [3.05, 3.63) is 21.9 Å². The lowest BCUT2D eigenvalue weighted by atomic mass is 10.1. The first-order valence-electron chi connectivity index (χ1n) is 6.60. The Hall–Kier alpha value is -1.12. The molecule has 6 nitrogen and oxygen atoms in total. The van der Waals surface area contributed by atoms with Crippen LogP contribution >= 0.6 is 11.3 Å². The van der Waals surface area contributed by atoms with E-state index in [0.717, 1.165) is 6.26 Å². The van der Waals surface area contributed by atoms with Crippen molar-refractivity contribution in [3.63, 3.8) is 0 Å². The summed E-state index contributed by atoms with van der Waals surface area (Å²) in [6, 6.07) is 4.16. The Labute approximate surface area is 131 Å². The van der Waals surface area contributed by atoms with E-state index >= 15 is 0 Å². The van der Waals surface area contributed by atoms with E-state index in [-0.39, 0.29) is 0 Å². The van der Waals surface area contributed by atoms with E-state index in [1.165, 1.54) is 9.75 Å². The molecule has 0 bridgehead atoms. The molecular weight excluding hydrogens is 308 g/mol. The Kier molecular flexibility index (Phi) is 6.18. The van der Waals surface area contributed by atoms with Crippen LogP contribution < -0.4 is 15.4 Å². The SMILES string of the molecule is CN=C(NCc1ccc(C)s1)NCC(C)(C)NS(C)(=O)=O. The molecule has 1 aromatic heterocycles. The predicted molar refractivity (Wildman–Crippen MR) is 89.3 cm³/mol. The van der Waals surface area contributed by atoms with Gasteiger partial charge in [-0.25, -0.2) is 13.1 Å². The van der Waals surface area contributed by atoms with E-state index in [9.17, 15) is 8.42 Å². The van der Waals surface area contributed by atoms with Gasteiger partial charge in [0.25, 0.3) is 0 Å². The Morgan fingerprint density at radius 3 is 2.48 bits per heavy atom. The van der Waals surface area contributed by atoms with E-state index in [1.54, 1.807) is 18.4 Å². The lowest BCUT2D eigenvalue weighted by Gasteiger charge is -2.26. The largest absolute Gasteiger partial charge is 0.355 e. The molecule has 1 aromatic rings. The van der Waals surface area contributed by atoms with Crippen LogP contribution in [0.3, 0.4) is 0 Å². The highest BCUT2D eigenvalue weighted by molar-refractivity contribution is 7.88. The van der Waals surface area contributed by atoms with Crippen molar-refractivity contribution in [1.82, 2.24) is 15.4 Å². The quantitative estimate of drug-likeness (QED) is 0.537. The Balaban J connectivity index is 2.48. The maximum atomic E-state index is 11.3. The lowest BCUT2D eigenvalue weighted by Crippen LogP contribution is -2.52. The third-order valence-electron chi connectivity index (χ3n) is 2.61. The van der Waals surface area contributed by atoms with E-state index in [2.05, 4.69) is 39.4 Å². The van der Waals surface area contributed by atoms with Crippen LogP contribution in [0.1, 0.15) is 23.6 Å². The molecule has 0 atom stereocenters. The van der Waals surface area contributed by atoms with Crippen molar-refractivity contribution in [2.45, 2.75) is 32.9 Å². The summed E-state index contributed by atoms with van der Waals surface area (Å²) in [6.45, 7) is 6.83. The fourth-order valence-corrected chi connectivity index (χ4v) is 3.72. The molecule has 3 N–H and O–H groups in total. The van der Waals surface area contributed by atoms with Gasteiger partial charge in [-0.2, -0.15) is 0 Å². The van der Waals surface area contributed by atoms with Crippen LogP contribution in [0.4, 0.5) is 0 Å². The zero-order valence-corrected chi connectivity index (χ0v) is 14.8. The van der Waals surface area contributed by atoms with Gasteiger partial charge in [0.1, 0.15) is 0 Å². The number of guanidine groups is 1. The fourth-order valence-electron chi connectivity index (χ4n) is 1.81. The van der Waals surface area contributed by atoms with Crippen molar-refractivity contribution >= 4 is 27.3 Å². The van der Waals surface area contributed by atoms with Gasteiger partial charge < -0.3 is 10.6 Å². The molecule has 1 heterocycles. The van der Waals surface area contributed by atoms with E-state index in [4.69, 9.17) is 0 Å². The van der Waals surface area contributed by atoms with Crippen LogP contribution in [0.5, 0.6) is 0 Å². The molecular formula is C13H24N4O2S2. The van der Waals surface area contributed by atoms with Gasteiger partial charge >= 0.3 is 0 Å². The molecule has 0 fully saturated rings. The number of nitrogens with one attached hydrogen (secondary N) is 3. The second kappa shape index (κ2) is 7.24. The van der Waals surface area contributed by atoms with Crippen molar-refractivity contribution in [1.29, 1.82) is 0 Å². The van der Waals surface area contributed by atoms with E-state index in [0.29, 0.717) is 19.0 Å².